The molecular weight excluding hydrogens is 242 g/mol. The Kier molecular flexibility index (Phi) is 3.38. The SMILES string of the molecule is CN1CCCN(CCN)c2cc3c(cc21)OCCO3. The molecule has 2 heterocycles. The van der Waals surface area contributed by atoms with Crippen molar-refractivity contribution in [3.8, 4) is 11.5 Å². The summed E-state index contributed by atoms with van der Waals surface area (Å²) in [6.45, 7) is 4.88. The average Bonchev–Trinajstić information content (AvgIpc) is 2.58. The third-order valence-corrected chi connectivity index (χ3v) is 3.71. The highest BCUT2D eigenvalue weighted by atomic mass is 16.6. The van der Waals surface area contributed by atoms with Gasteiger partial charge in [-0.2, -0.15) is 0 Å². The lowest BCUT2D eigenvalue weighted by molar-refractivity contribution is 0.171. The van der Waals surface area contributed by atoms with Crippen molar-refractivity contribution in [3.63, 3.8) is 0 Å². The van der Waals surface area contributed by atoms with E-state index in [9.17, 15) is 0 Å². The standard InChI is InChI=1S/C14H21N3O2/c1-16-4-2-5-17(6-3-15)12-10-14-13(9-11(12)16)18-7-8-19-14/h9-10H,2-8,15H2,1H3. The molecule has 0 fully saturated rings. The maximum atomic E-state index is 5.73. The molecule has 0 aromatic heterocycles. The predicted octanol–water partition coefficient (Wildman–Crippen LogP) is 1.06. The van der Waals surface area contributed by atoms with Crippen molar-refractivity contribution in [2.45, 2.75) is 6.42 Å². The highest BCUT2D eigenvalue weighted by Crippen LogP contribution is 2.42. The van der Waals surface area contributed by atoms with Gasteiger partial charge in [0.15, 0.2) is 11.5 Å². The summed E-state index contributed by atoms with van der Waals surface area (Å²) in [5.74, 6) is 1.70. The normalized spacial score (nSPS) is 18.0. The van der Waals surface area contributed by atoms with E-state index in [1.807, 2.05) is 0 Å². The zero-order valence-corrected chi connectivity index (χ0v) is 11.4. The van der Waals surface area contributed by atoms with Crippen LogP contribution in [0.15, 0.2) is 12.1 Å². The van der Waals surface area contributed by atoms with Gasteiger partial charge in [-0.25, -0.2) is 0 Å². The Hall–Kier alpha value is -1.62. The summed E-state index contributed by atoms with van der Waals surface area (Å²) in [5, 5.41) is 0. The van der Waals surface area contributed by atoms with E-state index in [4.69, 9.17) is 15.2 Å². The van der Waals surface area contributed by atoms with E-state index in [-0.39, 0.29) is 0 Å². The van der Waals surface area contributed by atoms with Gasteiger partial charge in [-0.1, -0.05) is 0 Å². The first-order chi connectivity index (χ1) is 9.29. The smallest absolute Gasteiger partial charge is 0.163 e. The second-order valence-corrected chi connectivity index (χ2v) is 5.04. The highest BCUT2D eigenvalue weighted by Gasteiger charge is 2.23. The Morgan fingerprint density at radius 1 is 1.11 bits per heavy atom. The van der Waals surface area contributed by atoms with Crippen LogP contribution < -0.4 is 25.0 Å². The summed E-state index contributed by atoms with van der Waals surface area (Å²) in [6.07, 6.45) is 1.14. The summed E-state index contributed by atoms with van der Waals surface area (Å²) in [5.41, 5.74) is 8.14. The molecule has 2 aliphatic rings. The van der Waals surface area contributed by atoms with Crippen molar-refractivity contribution in [1.82, 2.24) is 0 Å². The number of fused-ring (bicyclic) bond motifs is 2. The van der Waals surface area contributed by atoms with Gasteiger partial charge < -0.3 is 25.0 Å². The van der Waals surface area contributed by atoms with Crippen LogP contribution in [0.1, 0.15) is 6.42 Å². The van der Waals surface area contributed by atoms with Crippen LogP contribution in [0.2, 0.25) is 0 Å². The third kappa shape index (κ3) is 2.30. The lowest BCUT2D eigenvalue weighted by atomic mass is 10.2. The number of hydrogen-bond acceptors (Lipinski definition) is 5. The molecule has 0 radical (unpaired) electrons. The Morgan fingerprint density at radius 3 is 2.47 bits per heavy atom. The number of ether oxygens (including phenoxy) is 2. The molecule has 2 N–H and O–H groups in total. The van der Waals surface area contributed by atoms with Crippen LogP contribution in [-0.4, -0.2) is 46.4 Å². The lowest BCUT2D eigenvalue weighted by Gasteiger charge is -2.28. The zero-order chi connectivity index (χ0) is 13.2. The molecule has 0 saturated carbocycles. The van der Waals surface area contributed by atoms with Crippen molar-refractivity contribution in [1.29, 1.82) is 0 Å². The van der Waals surface area contributed by atoms with Crippen molar-refractivity contribution in [2.75, 3.05) is 56.2 Å². The van der Waals surface area contributed by atoms with E-state index in [2.05, 4.69) is 29.0 Å². The van der Waals surface area contributed by atoms with Crippen LogP contribution >= 0.6 is 0 Å². The Balaban J connectivity index is 2.04. The van der Waals surface area contributed by atoms with Gasteiger partial charge in [0.1, 0.15) is 13.2 Å². The molecule has 2 aliphatic heterocycles. The van der Waals surface area contributed by atoms with E-state index in [1.54, 1.807) is 0 Å². The van der Waals surface area contributed by atoms with Crippen molar-refractivity contribution < 1.29 is 9.47 Å². The predicted molar refractivity (Wildman–Crippen MR) is 76.6 cm³/mol. The van der Waals surface area contributed by atoms with Crippen LogP contribution in [0.3, 0.4) is 0 Å². The molecule has 1 aromatic rings. The molecule has 0 amide bonds. The molecule has 19 heavy (non-hydrogen) atoms. The van der Waals surface area contributed by atoms with Gasteiger partial charge in [-0.05, 0) is 6.42 Å². The van der Waals surface area contributed by atoms with Crippen LogP contribution in [0.4, 0.5) is 11.4 Å². The fourth-order valence-electron chi connectivity index (χ4n) is 2.75. The molecule has 5 nitrogen and oxygen atoms in total. The molecule has 0 spiro atoms. The van der Waals surface area contributed by atoms with Crippen LogP contribution in [-0.2, 0) is 0 Å². The number of hydrogen-bond donors (Lipinski definition) is 1. The van der Waals surface area contributed by atoms with Gasteiger partial charge in [0.2, 0.25) is 0 Å². The highest BCUT2D eigenvalue weighted by molar-refractivity contribution is 5.77. The van der Waals surface area contributed by atoms with E-state index in [0.717, 1.165) is 37.6 Å². The van der Waals surface area contributed by atoms with Crippen LogP contribution in [0.5, 0.6) is 11.5 Å². The zero-order valence-electron chi connectivity index (χ0n) is 11.4. The summed E-state index contributed by atoms with van der Waals surface area (Å²) in [6, 6.07) is 4.19. The fraction of sp³-hybridized carbons (Fsp3) is 0.571. The topological polar surface area (TPSA) is 51.0 Å². The molecule has 5 heteroatoms. The maximum Gasteiger partial charge on any atom is 0.163 e. The minimum absolute atomic E-state index is 0.624. The Morgan fingerprint density at radius 2 is 1.79 bits per heavy atom. The first kappa shape index (κ1) is 12.4. The largest absolute Gasteiger partial charge is 0.486 e. The number of benzene rings is 1. The molecular formula is C14H21N3O2. The second kappa shape index (κ2) is 5.17. The molecule has 0 bridgehead atoms. The van der Waals surface area contributed by atoms with E-state index in [0.29, 0.717) is 19.8 Å². The molecule has 0 aliphatic carbocycles. The van der Waals surface area contributed by atoms with Gasteiger partial charge in [0, 0.05) is 45.4 Å². The molecule has 0 saturated heterocycles. The second-order valence-electron chi connectivity index (χ2n) is 5.04. The van der Waals surface area contributed by atoms with Crippen LogP contribution in [0, 0.1) is 0 Å². The fourth-order valence-corrected chi connectivity index (χ4v) is 2.75. The van der Waals surface area contributed by atoms with E-state index in [1.165, 1.54) is 11.4 Å². The number of nitrogens with zero attached hydrogens (tertiary/aromatic N) is 2. The van der Waals surface area contributed by atoms with Crippen LogP contribution in [0.25, 0.3) is 0 Å². The molecule has 3 rings (SSSR count). The minimum Gasteiger partial charge on any atom is -0.486 e. The summed E-state index contributed by atoms with van der Waals surface area (Å²) < 4.78 is 11.4. The number of rotatable bonds is 2. The van der Waals surface area contributed by atoms with Crippen molar-refractivity contribution in [3.05, 3.63) is 12.1 Å². The van der Waals surface area contributed by atoms with Crippen molar-refractivity contribution >= 4 is 11.4 Å². The van der Waals surface area contributed by atoms with E-state index >= 15 is 0 Å². The minimum atomic E-state index is 0.624. The summed E-state index contributed by atoms with van der Waals surface area (Å²) in [4.78, 5) is 4.63. The number of nitrogens with two attached hydrogens (primary N) is 1. The first-order valence-electron chi connectivity index (χ1n) is 6.89. The number of anilines is 2. The lowest BCUT2D eigenvalue weighted by Crippen LogP contribution is -2.30. The molecule has 0 atom stereocenters. The monoisotopic (exact) mass is 263 g/mol. The molecule has 1 aromatic carbocycles. The quantitative estimate of drug-likeness (QED) is 0.865. The average molecular weight is 263 g/mol. The summed E-state index contributed by atoms with van der Waals surface area (Å²) in [7, 11) is 2.13. The van der Waals surface area contributed by atoms with Gasteiger partial charge >= 0.3 is 0 Å². The third-order valence-electron chi connectivity index (χ3n) is 3.71. The maximum absolute atomic E-state index is 5.73. The van der Waals surface area contributed by atoms with Gasteiger partial charge in [-0.15, -0.1) is 0 Å². The molecule has 0 unspecified atom stereocenters. The summed E-state index contributed by atoms with van der Waals surface area (Å²) >= 11 is 0. The van der Waals surface area contributed by atoms with Crippen molar-refractivity contribution in [2.24, 2.45) is 5.73 Å². The van der Waals surface area contributed by atoms with Gasteiger partial charge in [0.05, 0.1) is 11.4 Å². The molecule has 104 valence electrons. The van der Waals surface area contributed by atoms with Gasteiger partial charge in [-0.3, -0.25) is 0 Å². The first-order valence-corrected chi connectivity index (χ1v) is 6.89. The van der Waals surface area contributed by atoms with E-state index < -0.39 is 0 Å². The Bertz CT molecular complexity index is 464. The van der Waals surface area contributed by atoms with Gasteiger partial charge in [0.25, 0.3) is 0 Å². The Labute approximate surface area is 113 Å².